The van der Waals surface area contributed by atoms with Crippen molar-refractivity contribution >= 4 is 29.9 Å². The second kappa shape index (κ2) is 9.38. The molecule has 2 amide bonds. The van der Waals surface area contributed by atoms with Crippen molar-refractivity contribution in [1.82, 2.24) is 10.2 Å². The Morgan fingerprint density at radius 2 is 1.57 bits per heavy atom. The SMILES string of the molecule is CCOC(=O)C(C(=O)OCC)N1C(=O)[C@H](NC(=O)OC(C)(C)C)[C@@H]1C(=O)OC. The molecule has 0 unspecified atom stereocenters. The van der Waals surface area contributed by atoms with Crippen LogP contribution < -0.4 is 5.32 Å². The van der Waals surface area contributed by atoms with Crippen LogP contribution in [0.2, 0.25) is 0 Å². The van der Waals surface area contributed by atoms with Crippen molar-refractivity contribution in [2.75, 3.05) is 20.3 Å². The van der Waals surface area contributed by atoms with Crippen LogP contribution in [-0.4, -0.2) is 78.9 Å². The van der Waals surface area contributed by atoms with Crippen molar-refractivity contribution < 1.29 is 42.9 Å². The minimum Gasteiger partial charge on any atom is -0.467 e. The second-order valence-electron chi connectivity index (χ2n) is 6.74. The van der Waals surface area contributed by atoms with Gasteiger partial charge in [0.15, 0.2) is 6.04 Å². The molecule has 2 atom stereocenters. The number of nitrogens with zero attached hydrogens (tertiary/aromatic N) is 1. The molecule has 1 rings (SSSR count). The zero-order chi connectivity index (χ0) is 21.6. The molecule has 11 heteroatoms. The Bertz CT molecular complexity index is 623. The molecule has 1 saturated heterocycles. The first-order chi connectivity index (χ1) is 13.0. The van der Waals surface area contributed by atoms with Crippen molar-refractivity contribution in [3.63, 3.8) is 0 Å². The molecule has 0 saturated carbocycles. The third kappa shape index (κ3) is 5.33. The predicted octanol–water partition coefficient (Wildman–Crippen LogP) is -0.242. The Morgan fingerprint density at radius 3 is 1.96 bits per heavy atom. The fourth-order valence-corrected chi connectivity index (χ4v) is 2.51. The molecule has 158 valence electrons. The van der Waals surface area contributed by atoms with Gasteiger partial charge in [-0.15, -0.1) is 0 Å². The van der Waals surface area contributed by atoms with E-state index in [0.717, 1.165) is 7.11 Å². The van der Waals surface area contributed by atoms with E-state index in [1.807, 2.05) is 0 Å². The van der Waals surface area contributed by atoms with E-state index in [1.54, 1.807) is 20.8 Å². The third-order valence-electron chi connectivity index (χ3n) is 3.55. The zero-order valence-corrected chi connectivity index (χ0v) is 16.8. The summed E-state index contributed by atoms with van der Waals surface area (Å²) < 4.78 is 19.4. The Balaban J connectivity index is 3.13. The number of carbonyl (C=O) groups is 5. The molecular weight excluding hydrogens is 376 g/mol. The number of ether oxygens (including phenoxy) is 4. The monoisotopic (exact) mass is 402 g/mol. The number of rotatable bonds is 7. The van der Waals surface area contributed by atoms with Crippen LogP contribution in [-0.2, 0) is 38.1 Å². The zero-order valence-electron chi connectivity index (χ0n) is 16.8. The lowest BCUT2D eigenvalue weighted by Gasteiger charge is -2.46. The fraction of sp³-hybridized carbons (Fsp3) is 0.706. The van der Waals surface area contributed by atoms with E-state index >= 15 is 0 Å². The molecule has 0 aromatic heterocycles. The largest absolute Gasteiger partial charge is 0.467 e. The number of esters is 3. The maximum absolute atomic E-state index is 12.6. The first-order valence-corrected chi connectivity index (χ1v) is 8.71. The van der Waals surface area contributed by atoms with Crippen molar-refractivity contribution in [2.24, 2.45) is 0 Å². The van der Waals surface area contributed by atoms with E-state index in [1.165, 1.54) is 13.8 Å². The summed E-state index contributed by atoms with van der Waals surface area (Å²) in [5.74, 6) is -3.90. The fourth-order valence-electron chi connectivity index (χ4n) is 2.51. The lowest BCUT2D eigenvalue weighted by molar-refractivity contribution is -0.184. The summed E-state index contributed by atoms with van der Waals surface area (Å²) in [5, 5.41) is 2.26. The third-order valence-corrected chi connectivity index (χ3v) is 3.55. The van der Waals surface area contributed by atoms with Gasteiger partial charge in [-0.3, -0.25) is 4.79 Å². The van der Waals surface area contributed by atoms with Crippen LogP contribution in [0.1, 0.15) is 34.6 Å². The molecule has 28 heavy (non-hydrogen) atoms. The quantitative estimate of drug-likeness (QED) is 0.265. The van der Waals surface area contributed by atoms with Crippen LogP contribution in [0.15, 0.2) is 0 Å². The molecular formula is C17H26N2O9. The number of carbonyl (C=O) groups excluding carboxylic acids is 5. The topological polar surface area (TPSA) is 138 Å². The number of hydrogen-bond acceptors (Lipinski definition) is 9. The molecule has 0 radical (unpaired) electrons. The summed E-state index contributed by atoms with van der Waals surface area (Å²) in [6.07, 6.45) is -0.941. The van der Waals surface area contributed by atoms with Gasteiger partial charge in [0.05, 0.1) is 20.3 Å². The number of likely N-dealkylation sites (tertiary alicyclic amines) is 1. The van der Waals surface area contributed by atoms with Crippen LogP contribution in [0.5, 0.6) is 0 Å². The summed E-state index contributed by atoms with van der Waals surface area (Å²) in [6, 6.07) is -4.59. The maximum atomic E-state index is 12.6. The van der Waals surface area contributed by atoms with E-state index < -0.39 is 53.6 Å². The van der Waals surface area contributed by atoms with Gasteiger partial charge in [-0.25, -0.2) is 19.2 Å². The molecule has 1 N–H and O–H groups in total. The number of alkyl carbamates (subject to hydrolysis) is 1. The Labute approximate surface area is 162 Å². The van der Waals surface area contributed by atoms with E-state index in [0.29, 0.717) is 4.90 Å². The number of methoxy groups -OCH3 is 1. The van der Waals surface area contributed by atoms with Gasteiger partial charge in [-0.05, 0) is 34.6 Å². The van der Waals surface area contributed by atoms with Gasteiger partial charge in [-0.2, -0.15) is 0 Å². The molecule has 0 aromatic rings. The molecule has 0 bridgehead atoms. The Kier molecular flexibility index (Phi) is 7.77. The van der Waals surface area contributed by atoms with Gasteiger partial charge in [0, 0.05) is 0 Å². The van der Waals surface area contributed by atoms with Crippen LogP contribution in [0.3, 0.4) is 0 Å². The molecule has 1 fully saturated rings. The highest BCUT2D eigenvalue weighted by molar-refractivity contribution is 6.09. The van der Waals surface area contributed by atoms with E-state index in [2.05, 4.69) is 10.1 Å². The Hall–Kier alpha value is -2.85. The molecule has 1 heterocycles. The van der Waals surface area contributed by atoms with Crippen molar-refractivity contribution in [1.29, 1.82) is 0 Å². The van der Waals surface area contributed by atoms with Gasteiger partial charge in [0.25, 0.3) is 0 Å². The minimum absolute atomic E-state index is 0.0563. The standard InChI is InChI=1S/C17H26N2O9/c1-7-26-14(22)11(15(23)27-8-2)19-10(13(21)25-6)9(12(19)20)18-16(24)28-17(3,4)5/h9-11H,7-8H2,1-6H3,(H,18,24)/t9-,10-/m1/s1. The molecule has 0 spiro atoms. The molecule has 11 nitrogen and oxygen atoms in total. The minimum atomic E-state index is -1.80. The molecule has 1 aliphatic heterocycles. The summed E-state index contributed by atoms with van der Waals surface area (Å²) in [5.41, 5.74) is -0.838. The van der Waals surface area contributed by atoms with Crippen molar-refractivity contribution in [3.05, 3.63) is 0 Å². The number of amides is 2. The highest BCUT2D eigenvalue weighted by atomic mass is 16.6. The smallest absolute Gasteiger partial charge is 0.408 e. The Morgan fingerprint density at radius 1 is 1.07 bits per heavy atom. The highest BCUT2D eigenvalue weighted by Gasteiger charge is 2.60. The maximum Gasteiger partial charge on any atom is 0.408 e. The number of β-lactam (4-membered cyclic amide) rings is 1. The second-order valence-corrected chi connectivity index (χ2v) is 6.74. The molecule has 0 aliphatic carbocycles. The van der Waals surface area contributed by atoms with Gasteiger partial charge >= 0.3 is 24.0 Å². The summed E-state index contributed by atoms with van der Waals surface area (Å²) in [6.45, 7) is 7.79. The van der Waals surface area contributed by atoms with Gasteiger partial charge < -0.3 is 29.2 Å². The average molecular weight is 402 g/mol. The van der Waals surface area contributed by atoms with E-state index in [-0.39, 0.29) is 13.2 Å². The first-order valence-electron chi connectivity index (χ1n) is 8.71. The summed E-state index contributed by atoms with van der Waals surface area (Å²) in [4.78, 5) is 61.9. The van der Waals surface area contributed by atoms with Gasteiger partial charge in [0.2, 0.25) is 11.9 Å². The summed E-state index contributed by atoms with van der Waals surface area (Å²) >= 11 is 0. The van der Waals surface area contributed by atoms with E-state index in [9.17, 15) is 24.0 Å². The molecule has 1 aliphatic rings. The van der Waals surface area contributed by atoms with Crippen LogP contribution >= 0.6 is 0 Å². The average Bonchev–Trinajstić information content (AvgIpc) is 2.58. The summed E-state index contributed by atoms with van der Waals surface area (Å²) in [7, 11) is 1.07. The highest BCUT2D eigenvalue weighted by Crippen LogP contribution is 2.26. The normalized spacial score (nSPS) is 18.8. The predicted molar refractivity (Wildman–Crippen MR) is 92.9 cm³/mol. The number of hydrogen-bond donors (Lipinski definition) is 1. The first kappa shape index (κ1) is 23.2. The molecule has 0 aromatic carbocycles. The van der Waals surface area contributed by atoms with Crippen LogP contribution in [0, 0.1) is 0 Å². The lowest BCUT2D eigenvalue weighted by atomic mass is 9.92. The van der Waals surface area contributed by atoms with Crippen LogP contribution in [0.25, 0.3) is 0 Å². The van der Waals surface area contributed by atoms with Crippen molar-refractivity contribution in [2.45, 2.75) is 58.3 Å². The van der Waals surface area contributed by atoms with Gasteiger partial charge in [0.1, 0.15) is 11.6 Å². The van der Waals surface area contributed by atoms with Crippen molar-refractivity contribution in [3.8, 4) is 0 Å². The van der Waals surface area contributed by atoms with Gasteiger partial charge in [-0.1, -0.05) is 0 Å². The van der Waals surface area contributed by atoms with E-state index in [4.69, 9.17) is 14.2 Å². The number of nitrogens with one attached hydrogen (secondary N) is 1. The lowest BCUT2D eigenvalue weighted by Crippen LogP contribution is -2.77. The van der Waals surface area contributed by atoms with Crippen LogP contribution in [0.4, 0.5) is 4.79 Å².